The van der Waals surface area contributed by atoms with Crippen molar-refractivity contribution in [3.8, 4) is 0 Å². The smallest absolute Gasteiger partial charge is 0.191 e. The molecule has 0 radical (unpaired) electrons. The fourth-order valence-electron chi connectivity index (χ4n) is 2.68. The zero-order chi connectivity index (χ0) is 16.8. The van der Waals surface area contributed by atoms with Gasteiger partial charge in [-0.3, -0.25) is 4.99 Å². The van der Waals surface area contributed by atoms with E-state index in [4.69, 9.17) is 0 Å². The third kappa shape index (κ3) is 3.93. The molecule has 3 N–H and O–H groups in total. The summed E-state index contributed by atoms with van der Waals surface area (Å²) in [4.78, 5) is 7.40. The van der Waals surface area contributed by atoms with Crippen LogP contribution in [0.3, 0.4) is 0 Å². The van der Waals surface area contributed by atoms with Crippen LogP contribution in [0.2, 0.25) is 0 Å². The van der Waals surface area contributed by atoms with E-state index in [1.807, 2.05) is 24.4 Å². The molecule has 2 aromatic carbocycles. The summed E-state index contributed by atoms with van der Waals surface area (Å²) in [5.41, 5.74) is 3.25. The number of nitrogens with one attached hydrogen (secondary N) is 3. The summed E-state index contributed by atoms with van der Waals surface area (Å²) in [5, 5.41) is 7.51. The minimum Gasteiger partial charge on any atom is -0.361 e. The molecule has 0 saturated carbocycles. The molecule has 3 rings (SSSR count). The maximum absolute atomic E-state index is 13.4. The second kappa shape index (κ2) is 7.64. The third-order valence-electron chi connectivity index (χ3n) is 3.94. The summed E-state index contributed by atoms with van der Waals surface area (Å²) in [6, 6.07) is 15.0. The topological polar surface area (TPSA) is 52.2 Å². The highest BCUT2D eigenvalue weighted by molar-refractivity contribution is 5.83. The standard InChI is InChI=1S/C19H21FN4/c1-21-19(24-12-14-5-3-2-4-6-14)22-10-9-15-13-23-18-8-7-16(20)11-17(15)18/h2-8,11,13,23H,9-10,12H2,1H3,(H2,21,22,24). The van der Waals surface area contributed by atoms with Crippen molar-refractivity contribution in [2.24, 2.45) is 4.99 Å². The number of aromatic amines is 1. The van der Waals surface area contributed by atoms with Crippen molar-refractivity contribution in [1.29, 1.82) is 0 Å². The Bertz CT molecular complexity index is 824. The molecule has 124 valence electrons. The molecule has 1 heterocycles. The maximum atomic E-state index is 13.4. The van der Waals surface area contributed by atoms with Crippen LogP contribution in [0.15, 0.2) is 59.7 Å². The SMILES string of the molecule is CN=C(NCCc1c[nH]c2ccc(F)cc12)NCc1ccccc1. The van der Waals surface area contributed by atoms with Crippen LogP contribution >= 0.6 is 0 Å². The molecule has 0 unspecified atom stereocenters. The molecule has 1 aromatic heterocycles. The van der Waals surface area contributed by atoms with Crippen LogP contribution in [0.1, 0.15) is 11.1 Å². The molecule has 4 nitrogen and oxygen atoms in total. The molecule has 3 aromatic rings. The number of rotatable bonds is 5. The van der Waals surface area contributed by atoms with E-state index in [-0.39, 0.29) is 5.82 Å². The molecule has 24 heavy (non-hydrogen) atoms. The lowest BCUT2D eigenvalue weighted by Gasteiger charge is -2.11. The summed E-state index contributed by atoms with van der Waals surface area (Å²) in [5.74, 6) is 0.543. The lowest BCUT2D eigenvalue weighted by atomic mass is 10.1. The summed E-state index contributed by atoms with van der Waals surface area (Å²) in [6.07, 6.45) is 2.72. The van der Waals surface area contributed by atoms with Gasteiger partial charge in [-0.1, -0.05) is 30.3 Å². The van der Waals surface area contributed by atoms with Gasteiger partial charge < -0.3 is 15.6 Å². The van der Waals surface area contributed by atoms with Gasteiger partial charge in [-0.15, -0.1) is 0 Å². The first-order valence-electron chi connectivity index (χ1n) is 8.00. The Morgan fingerprint density at radius 1 is 1.12 bits per heavy atom. The number of fused-ring (bicyclic) bond motifs is 1. The highest BCUT2D eigenvalue weighted by Gasteiger charge is 2.05. The Kier molecular flexibility index (Phi) is 5.11. The number of benzene rings is 2. The van der Waals surface area contributed by atoms with Gasteiger partial charge in [-0.2, -0.15) is 0 Å². The van der Waals surface area contributed by atoms with Gasteiger partial charge in [0.1, 0.15) is 5.82 Å². The molecule has 0 bridgehead atoms. The van der Waals surface area contributed by atoms with Crippen LogP contribution < -0.4 is 10.6 Å². The molecule has 0 aliphatic carbocycles. The zero-order valence-corrected chi connectivity index (χ0v) is 13.6. The van der Waals surface area contributed by atoms with Crippen LogP contribution in [-0.4, -0.2) is 24.5 Å². The van der Waals surface area contributed by atoms with E-state index in [0.29, 0.717) is 0 Å². The predicted octanol–water partition coefficient (Wildman–Crippen LogP) is 3.21. The summed E-state index contributed by atoms with van der Waals surface area (Å²) in [7, 11) is 1.75. The fourth-order valence-corrected chi connectivity index (χ4v) is 2.68. The Morgan fingerprint density at radius 3 is 2.75 bits per heavy atom. The van der Waals surface area contributed by atoms with Crippen LogP contribution in [0, 0.1) is 5.82 Å². The molecule has 0 amide bonds. The van der Waals surface area contributed by atoms with Gasteiger partial charge in [0, 0.05) is 37.2 Å². The Morgan fingerprint density at radius 2 is 1.96 bits per heavy atom. The van der Waals surface area contributed by atoms with Crippen molar-refractivity contribution in [3.05, 3.63) is 71.7 Å². The normalized spacial score (nSPS) is 11.7. The highest BCUT2D eigenvalue weighted by Crippen LogP contribution is 2.19. The quantitative estimate of drug-likeness (QED) is 0.498. The molecule has 0 saturated heterocycles. The first-order valence-corrected chi connectivity index (χ1v) is 8.00. The molecule has 0 spiro atoms. The van der Waals surface area contributed by atoms with Crippen molar-refractivity contribution in [1.82, 2.24) is 15.6 Å². The maximum Gasteiger partial charge on any atom is 0.191 e. The van der Waals surface area contributed by atoms with E-state index in [0.717, 1.165) is 41.9 Å². The highest BCUT2D eigenvalue weighted by atomic mass is 19.1. The largest absolute Gasteiger partial charge is 0.361 e. The second-order valence-electron chi connectivity index (χ2n) is 5.59. The van der Waals surface area contributed by atoms with Crippen LogP contribution in [0.4, 0.5) is 4.39 Å². The van der Waals surface area contributed by atoms with Crippen LogP contribution in [0.5, 0.6) is 0 Å². The van der Waals surface area contributed by atoms with E-state index < -0.39 is 0 Å². The fraction of sp³-hybridized carbons (Fsp3) is 0.211. The zero-order valence-electron chi connectivity index (χ0n) is 13.6. The Hall–Kier alpha value is -2.82. The minimum absolute atomic E-state index is 0.211. The predicted molar refractivity (Wildman–Crippen MR) is 96.6 cm³/mol. The number of halogens is 1. The number of aliphatic imine (C=N–C) groups is 1. The number of guanidine groups is 1. The second-order valence-corrected chi connectivity index (χ2v) is 5.59. The molecule has 0 atom stereocenters. The Balaban J connectivity index is 1.53. The van der Waals surface area contributed by atoms with E-state index in [1.54, 1.807) is 19.2 Å². The van der Waals surface area contributed by atoms with Gasteiger partial charge in [-0.25, -0.2) is 4.39 Å². The van der Waals surface area contributed by atoms with Crippen LogP contribution in [-0.2, 0) is 13.0 Å². The van der Waals surface area contributed by atoms with Crippen molar-refractivity contribution >= 4 is 16.9 Å². The number of hydrogen-bond acceptors (Lipinski definition) is 1. The van der Waals surface area contributed by atoms with Crippen molar-refractivity contribution in [2.75, 3.05) is 13.6 Å². The van der Waals surface area contributed by atoms with Crippen molar-refractivity contribution in [2.45, 2.75) is 13.0 Å². The minimum atomic E-state index is -0.211. The molecule has 0 fully saturated rings. The van der Waals surface area contributed by atoms with Crippen LogP contribution in [0.25, 0.3) is 10.9 Å². The third-order valence-corrected chi connectivity index (χ3v) is 3.94. The monoisotopic (exact) mass is 324 g/mol. The first-order chi connectivity index (χ1) is 11.8. The van der Waals surface area contributed by atoms with Gasteiger partial charge >= 0.3 is 0 Å². The average molecular weight is 324 g/mol. The molecular formula is C19H21FN4. The van der Waals surface area contributed by atoms with Crippen molar-refractivity contribution in [3.63, 3.8) is 0 Å². The summed E-state index contributed by atoms with van der Waals surface area (Å²) < 4.78 is 13.4. The lowest BCUT2D eigenvalue weighted by molar-refractivity contribution is 0.629. The van der Waals surface area contributed by atoms with Gasteiger partial charge in [0.05, 0.1) is 0 Å². The van der Waals surface area contributed by atoms with Gasteiger partial charge in [0.15, 0.2) is 5.96 Å². The average Bonchev–Trinajstić information content (AvgIpc) is 3.01. The van der Waals surface area contributed by atoms with Crippen molar-refractivity contribution < 1.29 is 4.39 Å². The van der Waals surface area contributed by atoms with Gasteiger partial charge in [-0.05, 0) is 35.7 Å². The van der Waals surface area contributed by atoms with E-state index in [9.17, 15) is 4.39 Å². The van der Waals surface area contributed by atoms with E-state index in [2.05, 4.69) is 32.7 Å². The Labute approximate surface area is 140 Å². The molecule has 0 aliphatic rings. The summed E-state index contributed by atoms with van der Waals surface area (Å²) >= 11 is 0. The summed E-state index contributed by atoms with van der Waals surface area (Å²) in [6.45, 7) is 1.44. The first kappa shape index (κ1) is 16.1. The number of aromatic nitrogens is 1. The number of nitrogens with zero attached hydrogens (tertiary/aromatic N) is 1. The van der Waals surface area contributed by atoms with E-state index in [1.165, 1.54) is 11.6 Å². The van der Waals surface area contributed by atoms with Gasteiger partial charge in [0.25, 0.3) is 0 Å². The number of H-pyrrole nitrogens is 1. The van der Waals surface area contributed by atoms with E-state index >= 15 is 0 Å². The molecule has 0 aliphatic heterocycles. The van der Waals surface area contributed by atoms with Gasteiger partial charge in [0.2, 0.25) is 0 Å². The number of hydrogen-bond donors (Lipinski definition) is 3. The molecular weight excluding hydrogens is 303 g/mol. The molecule has 5 heteroatoms. The lowest BCUT2D eigenvalue weighted by Crippen LogP contribution is -2.37.